The summed E-state index contributed by atoms with van der Waals surface area (Å²) < 4.78 is 6.30. The van der Waals surface area contributed by atoms with Crippen molar-refractivity contribution in [3.05, 3.63) is 44.7 Å². The third-order valence-electron chi connectivity index (χ3n) is 3.25. The fourth-order valence-corrected chi connectivity index (χ4v) is 3.77. The van der Waals surface area contributed by atoms with Crippen molar-refractivity contribution in [2.45, 2.75) is 32.2 Å². The highest BCUT2D eigenvalue weighted by Crippen LogP contribution is 2.23. The Balaban J connectivity index is 2.00. The second kappa shape index (κ2) is 8.51. The molecule has 5 heteroatoms. The normalized spacial score (nSPS) is 12.3. The molecule has 0 radical (unpaired) electrons. The molecule has 1 unspecified atom stereocenters. The second-order valence-electron chi connectivity index (χ2n) is 4.97. The first-order valence-corrected chi connectivity index (χ1v) is 8.78. The molecule has 0 aliphatic carbocycles. The van der Waals surface area contributed by atoms with E-state index >= 15 is 0 Å². The van der Waals surface area contributed by atoms with Crippen LogP contribution < -0.4 is 10.1 Å². The van der Waals surface area contributed by atoms with E-state index in [1.54, 1.807) is 7.11 Å². The third kappa shape index (κ3) is 5.41. The van der Waals surface area contributed by atoms with Crippen LogP contribution >= 0.6 is 27.3 Å². The number of rotatable bonds is 8. The lowest BCUT2D eigenvalue weighted by molar-refractivity contribution is 0.397. The van der Waals surface area contributed by atoms with E-state index in [1.807, 2.05) is 23.6 Å². The Bertz CT molecular complexity index is 541. The van der Waals surface area contributed by atoms with Gasteiger partial charge < -0.3 is 10.1 Å². The van der Waals surface area contributed by atoms with E-state index in [-0.39, 0.29) is 0 Å². The zero-order chi connectivity index (χ0) is 15.1. The quantitative estimate of drug-likeness (QED) is 0.762. The van der Waals surface area contributed by atoms with Crippen molar-refractivity contribution < 1.29 is 4.74 Å². The van der Waals surface area contributed by atoms with Crippen LogP contribution in [0.25, 0.3) is 0 Å². The van der Waals surface area contributed by atoms with Crippen LogP contribution in [0.15, 0.2) is 34.2 Å². The van der Waals surface area contributed by atoms with E-state index in [2.05, 4.69) is 51.4 Å². The number of halogens is 1. The van der Waals surface area contributed by atoms with Crippen molar-refractivity contribution in [1.82, 2.24) is 10.3 Å². The summed E-state index contributed by atoms with van der Waals surface area (Å²) in [6.45, 7) is 3.24. The molecule has 3 nitrogen and oxygen atoms in total. The van der Waals surface area contributed by atoms with Gasteiger partial charge in [-0.15, -0.1) is 11.3 Å². The number of nitrogens with one attached hydrogen (secondary N) is 1. The Morgan fingerprint density at radius 3 is 2.71 bits per heavy atom. The molecular weight excluding hydrogens is 348 g/mol. The molecule has 0 aliphatic heterocycles. The van der Waals surface area contributed by atoms with Gasteiger partial charge in [0.1, 0.15) is 0 Å². The predicted octanol–water partition coefficient (Wildman–Crippen LogP) is 4.07. The zero-order valence-electron chi connectivity index (χ0n) is 12.4. The standard InChI is InChI=1S/C16H21BrN2OS/c1-3-8-18-13(10-14-5-6-15(17)21-14)9-12-4-7-16(20-2)19-11-12/h4-7,11,13,18H,3,8-10H2,1-2H3. The predicted molar refractivity (Wildman–Crippen MR) is 92.3 cm³/mol. The average molecular weight is 369 g/mol. The third-order valence-corrected chi connectivity index (χ3v) is 4.89. The summed E-state index contributed by atoms with van der Waals surface area (Å²) in [5.74, 6) is 0.666. The lowest BCUT2D eigenvalue weighted by Gasteiger charge is -2.18. The van der Waals surface area contributed by atoms with Crippen LogP contribution in [0.1, 0.15) is 23.8 Å². The lowest BCUT2D eigenvalue weighted by Crippen LogP contribution is -2.33. The molecule has 2 aromatic heterocycles. The van der Waals surface area contributed by atoms with E-state index < -0.39 is 0 Å². The van der Waals surface area contributed by atoms with Gasteiger partial charge in [-0.25, -0.2) is 4.98 Å². The SMILES string of the molecule is CCCNC(Cc1ccc(OC)nc1)Cc1ccc(Br)s1. The fraction of sp³-hybridized carbons (Fsp3) is 0.438. The highest BCUT2D eigenvalue weighted by Gasteiger charge is 2.12. The molecule has 2 aromatic rings. The first-order valence-electron chi connectivity index (χ1n) is 7.17. The van der Waals surface area contributed by atoms with Crippen molar-refractivity contribution in [3.8, 4) is 5.88 Å². The molecule has 114 valence electrons. The number of pyridine rings is 1. The molecule has 0 aromatic carbocycles. The van der Waals surface area contributed by atoms with Gasteiger partial charge in [-0.3, -0.25) is 0 Å². The molecule has 0 spiro atoms. The fourth-order valence-electron chi connectivity index (χ4n) is 2.21. The molecule has 0 amide bonds. The summed E-state index contributed by atoms with van der Waals surface area (Å²) in [4.78, 5) is 5.69. The maximum absolute atomic E-state index is 5.11. The van der Waals surface area contributed by atoms with Gasteiger partial charge in [-0.05, 0) is 59.4 Å². The molecule has 0 bridgehead atoms. The number of methoxy groups -OCH3 is 1. The summed E-state index contributed by atoms with van der Waals surface area (Å²) in [5.41, 5.74) is 1.24. The van der Waals surface area contributed by atoms with Gasteiger partial charge in [-0.2, -0.15) is 0 Å². The molecule has 1 atom stereocenters. The maximum atomic E-state index is 5.11. The van der Waals surface area contributed by atoms with Gasteiger partial charge in [-0.1, -0.05) is 13.0 Å². The Morgan fingerprint density at radius 2 is 2.14 bits per heavy atom. The number of ether oxygens (including phenoxy) is 1. The van der Waals surface area contributed by atoms with Crippen LogP contribution in [0.2, 0.25) is 0 Å². The molecule has 0 saturated heterocycles. The molecule has 0 fully saturated rings. The van der Waals surface area contributed by atoms with Crippen molar-refractivity contribution in [2.24, 2.45) is 0 Å². The van der Waals surface area contributed by atoms with Crippen molar-refractivity contribution >= 4 is 27.3 Å². The summed E-state index contributed by atoms with van der Waals surface area (Å²) in [6, 6.07) is 8.77. The summed E-state index contributed by atoms with van der Waals surface area (Å²) in [5, 5.41) is 3.64. The van der Waals surface area contributed by atoms with E-state index in [4.69, 9.17) is 4.74 Å². The second-order valence-corrected chi connectivity index (χ2v) is 7.52. The van der Waals surface area contributed by atoms with Gasteiger partial charge in [0.15, 0.2) is 0 Å². The molecule has 2 heterocycles. The van der Waals surface area contributed by atoms with Crippen LogP contribution in [-0.4, -0.2) is 24.7 Å². The molecule has 21 heavy (non-hydrogen) atoms. The Hall–Kier alpha value is -0.910. The van der Waals surface area contributed by atoms with Gasteiger partial charge in [0.2, 0.25) is 5.88 Å². The number of nitrogens with zero attached hydrogens (tertiary/aromatic N) is 1. The molecule has 2 rings (SSSR count). The van der Waals surface area contributed by atoms with Gasteiger partial charge in [0.25, 0.3) is 0 Å². The first-order chi connectivity index (χ1) is 10.2. The number of thiophene rings is 1. The number of hydrogen-bond acceptors (Lipinski definition) is 4. The molecular formula is C16H21BrN2OS. The monoisotopic (exact) mass is 368 g/mol. The lowest BCUT2D eigenvalue weighted by atomic mass is 10.0. The average Bonchev–Trinajstić information content (AvgIpc) is 2.90. The van der Waals surface area contributed by atoms with E-state index in [0.29, 0.717) is 11.9 Å². The Morgan fingerprint density at radius 1 is 1.29 bits per heavy atom. The van der Waals surface area contributed by atoms with Crippen LogP contribution in [0, 0.1) is 0 Å². The van der Waals surface area contributed by atoms with Crippen molar-refractivity contribution in [2.75, 3.05) is 13.7 Å². The minimum atomic E-state index is 0.436. The van der Waals surface area contributed by atoms with Crippen LogP contribution in [0.5, 0.6) is 5.88 Å². The molecule has 1 N–H and O–H groups in total. The summed E-state index contributed by atoms with van der Waals surface area (Å²) in [6.07, 6.45) is 5.07. The van der Waals surface area contributed by atoms with E-state index in [9.17, 15) is 0 Å². The van der Waals surface area contributed by atoms with Crippen LogP contribution in [0.4, 0.5) is 0 Å². The summed E-state index contributed by atoms with van der Waals surface area (Å²) >= 11 is 5.34. The highest BCUT2D eigenvalue weighted by molar-refractivity contribution is 9.11. The number of aromatic nitrogens is 1. The minimum Gasteiger partial charge on any atom is -0.481 e. The van der Waals surface area contributed by atoms with Crippen molar-refractivity contribution in [3.63, 3.8) is 0 Å². The minimum absolute atomic E-state index is 0.436. The van der Waals surface area contributed by atoms with Crippen LogP contribution in [-0.2, 0) is 12.8 Å². The van der Waals surface area contributed by atoms with Gasteiger partial charge in [0, 0.05) is 23.2 Å². The summed E-state index contributed by atoms with van der Waals surface area (Å²) in [7, 11) is 1.64. The highest BCUT2D eigenvalue weighted by atomic mass is 79.9. The molecule has 0 aliphatic rings. The van der Waals surface area contributed by atoms with E-state index in [1.165, 1.54) is 14.2 Å². The zero-order valence-corrected chi connectivity index (χ0v) is 14.8. The maximum Gasteiger partial charge on any atom is 0.212 e. The Kier molecular flexibility index (Phi) is 6.67. The largest absolute Gasteiger partial charge is 0.481 e. The first kappa shape index (κ1) is 16.5. The molecule has 0 saturated carbocycles. The van der Waals surface area contributed by atoms with E-state index in [0.717, 1.165) is 25.8 Å². The Labute approximate surface area is 138 Å². The van der Waals surface area contributed by atoms with Crippen LogP contribution in [0.3, 0.4) is 0 Å². The van der Waals surface area contributed by atoms with Gasteiger partial charge in [0.05, 0.1) is 10.9 Å². The van der Waals surface area contributed by atoms with Gasteiger partial charge >= 0.3 is 0 Å². The van der Waals surface area contributed by atoms with Crippen molar-refractivity contribution in [1.29, 1.82) is 0 Å². The smallest absolute Gasteiger partial charge is 0.212 e. The topological polar surface area (TPSA) is 34.1 Å². The number of hydrogen-bond donors (Lipinski definition) is 1.